The van der Waals surface area contributed by atoms with Crippen LogP contribution >= 0.6 is 0 Å². The Bertz CT molecular complexity index is 590. The van der Waals surface area contributed by atoms with E-state index in [0.717, 1.165) is 29.1 Å². The first kappa shape index (κ1) is 11.2. The van der Waals surface area contributed by atoms with Crippen LogP contribution < -0.4 is 4.84 Å². The zero-order valence-corrected chi connectivity index (χ0v) is 11.0. The summed E-state index contributed by atoms with van der Waals surface area (Å²) >= 11 is 0. The van der Waals surface area contributed by atoms with Crippen LogP contribution in [-0.4, -0.2) is 22.6 Å². The Morgan fingerprint density at radius 2 is 2.00 bits per heavy atom. The second-order valence-electron chi connectivity index (χ2n) is 5.72. The Hall–Kier alpha value is -1.61. The molecule has 3 fully saturated rings. The average molecular weight is 254 g/mol. The number of rotatable bonds is 2. The molecule has 3 nitrogen and oxygen atoms in total. The lowest BCUT2D eigenvalue weighted by atomic mass is 9.81. The van der Waals surface area contributed by atoms with Gasteiger partial charge in [0.25, 0.3) is 0 Å². The maximum absolute atomic E-state index is 6.10. The van der Waals surface area contributed by atoms with Crippen molar-refractivity contribution in [1.82, 2.24) is 10.0 Å². The van der Waals surface area contributed by atoms with Crippen LogP contribution in [0.2, 0.25) is 0 Å². The summed E-state index contributed by atoms with van der Waals surface area (Å²) in [6.45, 7) is 1.09. The molecule has 19 heavy (non-hydrogen) atoms. The van der Waals surface area contributed by atoms with Crippen LogP contribution in [0.15, 0.2) is 36.5 Å². The van der Waals surface area contributed by atoms with Gasteiger partial charge in [0, 0.05) is 24.2 Å². The van der Waals surface area contributed by atoms with Gasteiger partial charge in [0.1, 0.15) is 5.75 Å². The van der Waals surface area contributed by atoms with Crippen molar-refractivity contribution >= 4 is 10.9 Å². The maximum Gasteiger partial charge on any atom is 0.148 e. The Morgan fingerprint density at radius 1 is 1.11 bits per heavy atom. The van der Waals surface area contributed by atoms with Crippen molar-refractivity contribution in [3.63, 3.8) is 0 Å². The number of piperidine rings is 2. The molecule has 0 atom stereocenters. The van der Waals surface area contributed by atoms with E-state index in [-0.39, 0.29) is 0 Å². The van der Waals surface area contributed by atoms with E-state index in [1.165, 1.54) is 25.7 Å². The van der Waals surface area contributed by atoms with E-state index in [1.54, 1.807) is 0 Å². The summed E-state index contributed by atoms with van der Waals surface area (Å²) in [5.74, 6) is 1.78. The molecule has 0 unspecified atom stereocenters. The highest BCUT2D eigenvalue weighted by Gasteiger charge is 2.35. The van der Waals surface area contributed by atoms with Gasteiger partial charge in [-0.15, -0.1) is 5.06 Å². The summed E-state index contributed by atoms with van der Waals surface area (Å²) in [5.41, 5.74) is 1.02. The average Bonchev–Trinajstić information content (AvgIpc) is 2.48. The van der Waals surface area contributed by atoms with Crippen molar-refractivity contribution in [1.29, 1.82) is 0 Å². The van der Waals surface area contributed by atoms with Crippen molar-refractivity contribution in [2.75, 3.05) is 6.54 Å². The molecule has 3 aliphatic rings. The van der Waals surface area contributed by atoms with E-state index >= 15 is 0 Å². The third-order valence-electron chi connectivity index (χ3n) is 4.46. The Kier molecular flexibility index (Phi) is 2.66. The first-order valence-electron chi connectivity index (χ1n) is 7.18. The number of pyridine rings is 1. The Morgan fingerprint density at radius 3 is 2.79 bits per heavy atom. The number of nitrogens with zero attached hydrogens (tertiary/aromatic N) is 2. The van der Waals surface area contributed by atoms with E-state index in [2.05, 4.69) is 22.2 Å². The lowest BCUT2D eigenvalue weighted by Gasteiger charge is -2.43. The van der Waals surface area contributed by atoms with Crippen molar-refractivity contribution in [2.24, 2.45) is 5.92 Å². The molecule has 2 aliphatic heterocycles. The van der Waals surface area contributed by atoms with Gasteiger partial charge in [-0.1, -0.05) is 6.07 Å². The number of fused-ring (bicyclic) bond motifs is 4. The van der Waals surface area contributed by atoms with Gasteiger partial charge in [-0.05, 0) is 55.9 Å². The van der Waals surface area contributed by atoms with Gasteiger partial charge in [0.05, 0.1) is 5.52 Å². The van der Waals surface area contributed by atoms with E-state index in [4.69, 9.17) is 4.84 Å². The number of hydroxylamine groups is 2. The highest BCUT2D eigenvalue weighted by Crippen LogP contribution is 2.35. The molecule has 2 bridgehead atoms. The molecule has 1 aliphatic carbocycles. The van der Waals surface area contributed by atoms with E-state index < -0.39 is 0 Å². The third-order valence-corrected chi connectivity index (χ3v) is 4.46. The first-order valence-corrected chi connectivity index (χ1v) is 7.18. The summed E-state index contributed by atoms with van der Waals surface area (Å²) in [6, 6.07) is 10.8. The molecule has 98 valence electrons. The van der Waals surface area contributed by atoms with Gasteiger partial charge >= 0.3 is 0 Å². The second kappa shape index (κ2) is 4.49. The zero-order chi connectivity index (χ0) is 12.7. The molecule has 0 N–H and O–H groups in total. The van der Waals surface area contributed by atoms with Crippen LogP contribution in [-0.2, 0) is 0 Å². The monoisotopic (exact) mass is 254 g/mol. The number of aromatic nitrogens is 1. The SMILES string of the molecule is c1cnc2ccc(ON3CC4CCC3CC4)cc2c1. The largest absolute Gasteiger partial charge is 0.406 e. The highest BCUT2D eigenvalue weighted by molar-refractivity contribution is 5.79. The summed E-state index contributed by atoms with van der Waals surface area (Å²) in [6.07, 6.45) is 7.17. The molecule has 0 spiro atoms. The lowest BCUT2D eigenvalue weighted by Crippen LogP contribution is -2.49. The van der Waals surface area contributed by atoms with Gasteiger partial charge in [0.2, 0.25) is 0 Å². The van der Waals surface area contributed by atoms with Gasteiger partial charge < -0.3 is 4.84 Å². The van der Waals surface area contributed by atoms with Crippen LogP contribution in [0.5, 0.6) is 5.75 Å². The third kappa shape index (κ3) is 2.08. The molecule has 1 aromatic heterocycles. The summed E-state index contributed by atoms with van der Waals surface area (Å²) in [5, 5.41) is 3.34. The minimum Gasteiger partial charge on any atom is -0.406 e. The van der Waals surface area contributed by atoms with Gasteiger partial charge in [0.15, 0.2) is 0 Å². The lowest BCUT2D eigenvalue weighted by molar-refractivity contribution is -0.150. The molecule has 5 rings (SSSR count). The number of hydrogen-bond donors (Lipinski definition) is 0. The minimum absolute atomic E-state index is 0.620. The fourth-order valence-corrected chi connectivity index (χ4v) is 3.38. The molecule has 2 aromatic rings. The molecule has 0 amide bonds. The Labute approximate surface area is 113 Å². The van der Waals surface area contributed by atoms with E-state index in [1.807, 2.05) is 24.4 Å². The molecule has 0 radical (unpaired) electrons. The molecular weight excluding hydrogens is 236 g/mol. The fourth-order valence-electron chi connectivity index (χ4n) is 3.38. The van der Waals surface area contributed by atoms with Crippen molar-refractivity contribution in [3.05, 3.63) is 36.5 Å². The van der Waals surface area contributed by atoms with Crippen LogP contribution in [0.1, 0.15) is 25.7 Å². The van der Waals surface area contributed by atoms with Crippen molar-refractivity contribution in [2.45, 2.75) is 31.7 Å². The predicted molar refractivity (Wildman–Crippen MR) is 74.8 cm³/mol. The van der Waals surface area contributed by atoms with Gasteiger partial charge in [-0.2, -0.15) is 0 Å². The quantitative estimate of drug-likeness (QED) is 0.821. The van der Waals surface area contributed by atoms with Crippen LogP contribution in [0.4, 0.5) is 0 Å². The minimum atomic E-state index is 0.620. The van der Waals surface area contributed by atoms with Crippen LogP contribution in [0.3, 0.4) is 0 Å². The van der Waals surface area contributed by atoms with E-state index in [9.17, 15) is 0 Å². The molecule has 1 aromatic carbocycles. The summed E-state index contributed by atoms with van der Waals surface area (Å²) in [4.78, 5) is 10.4. The summed E-state index contributed by atoms with van der Waals surface area (Å²) in [7, 11) is 0. The molecular formula is C16H18N2O. The van der Waals surface area contributed by atoms with Crippen LogP contribution in [0, 0.1) is 5.92 Å². The highest BCUT2D eigenvalue weighted by atomic mass is 16.7. The maximum atomic E-state index is 6.10. The molecule has 1 saturated carbocycles. The fraction of sp³-hybridized carbons (Fsp3) is 0.438. The standard InChI is InChI=1S/C16H18N2O/c1-2-13-10-15(7-8-16(13)17-9-1)19-18-11-12-3-5-14(18)6-4-12/h1-2,7-10,12,14H,3-6,11H2. The molecule has 3 heterocycles. The Balaban J connectivity index is 1.58. The van der Waals surface area contributed by atoms with Gasteiger partial charge in [-0.25, -0.2) is 0 Å². The van der Waals surface area contributed by atoms with Crippen molar-refractivity contribution < 1.29 is 4.84 Å². The number of hydrogen-bond acceptors (Lipinski definition) is 3. The number of benzene rings is 1. The van der Waals surface area contributed by atoms with E-state index in [0.29, 0.717) is 6.04 Å². The molecule has 2 saturated heterocycles. The smallest absolute Gasteiger partial charge is 0.148 e. The normalized spacial score (nSPS) is 26.7. The first-order chi connectivity index (χ1) is 9.38. The van der Waals surface area contributed by atoms with Crippen molar-refractivity contribution in [3.8, 4) is 5.75 Å². The molecule has 3 heteroatoms. The topological polar surface area (TPSA) is 25.4 Å². The predicted octanol–water partition coefficient (Wildman–Crippen LogP) is 3.40. The zero-order valence-electron chi connectivity index (χ0n) is 11.0. The van der Waals surface area contributed by atoms with Crippen LogP contribution in [0.25, 0.3) is 10.9 Å². The van der Waals surface area contributed by atoms with Gasteiger partial charge in [-0.3, -0.25) is 4.98 Å². The second-order valence-corrected chi connectivity index (χ2v) is 5.72. The summed E-state index contributed by atoms with van der Waals surface area (Å²) < 4.78 is 0.